The molecule has 0 spiro atoms. The second-order valence-corrected chi connectivity index (χ2v) is 6.05. The van der Waals surface area contributed by atoms with Crippen molar-refractivity contribution in [3.05, 3.63) is 24.3 Å². The minimum Gasteiger partial charge on any atom is -0.481 e. The Morgan fingerprint density at radius 2 is 2.05 bits per heavy atom. The lowest BCUT2D eigenvalue weighted by Gasteiger charge is -2.27. The summed E-state index contributed by atoms with van der Waals surface area (Å²) >= 11 is 1.57. The standard InChI is InChI=1S/C15H20N2O3S/c1-21-13-8-3-2-7-12(13)17-15(20)16-11-6-4-5-10(9-11)14(18)19/h2-3,7-8,10-11H,4-6,9H2,1H3,(H,18,19)(H2,16,17,20). The van der Waals surface area contributed by atoms with Gasteiger partial charge in [0.15, 0.2) is 0 Å². The number of carbonyl (C=O) groups excluding carboxylic acids is 1. The lowest BCUT2D eigenvalue weighted by atomic mass is 9.86. The smallest absolute Gasteiger partial charge is 0.319 e. The molecule has 0 bridgehead atoms. The quantitative estimate of drug-likeness (QED) is 0.747. The van der Waals surface area contributed by atoms with Crippen molar-refractivity contribution >= 4 is 29.4 Å². The average Bonchev–Trinajstić information content (AvgIpc) is 2.48. The van der Waals surface area contributed by atoms with E-state index in [-0.39, 0.29) is 18.0 Å². The van der Waals surface area contributed by atoms with E-state index in [1.54, 1.807) is 11.8 Å². The highest BCUT2D eigenvalue weighted by atomic mass is 32.2. The predicted octanol–water partition coefficient (Wildman–Crippen LogP) is 3.17. The number of anilines is 1. The van der Waals surface area contributed by atoms with Crippen LogP contribution in [0.2, 0.25) is 0 Å². The first kappa shape index (κ1) is 15.7. The first-order valence-electron chi connectivity index (χ1n) is 7.03. The number of nitrogens with one attached hydrogen (secondary N) is 2. The number of benzene rings is 1. The van der Waals surface area contributed by atoms with Crippen LogP contribution in [0.15, 0.2) is 29.2 Å². The fraction of sp³-hybridized carbons (Fsp3) is 0.467. The van der Waals surface area contributed by atoms with Crippen LogP contribution in [0.25, 0.3) is 0 Å². The minimum absolute atomic E-state index is 0.0682. The number of carboxylic acid groups (broad SMARTS) is 1. The molecular weight excluding hydrogens is 288 g/mol. The van der Waals surface area contributed by atoms with Crippen LogP contribution in [0.3, 0.4) is 0 Å². The van der Waals surface area contributed by atoms with Gasteiger partial charge in [0.2, 0.25) is 0 Å². The van der Waals surface area contributed by atoms with Crippen molar-refractivity contribution in [1.82, 2.24) is 5.32 Å². The van der Waals surface area contributed by atoms with Gasteiger partial charge in [-0.15, -0.1) is 11.8 Å². The van der Waals surface area contributed by atoms with E-state index >= 15 is 0 Å². The molecule has 2 amide bonds. The van der Waals surface area contributed by atoms with Gasteiger partial charge in [0.25, 0.3) is 0 Å². The van der Waals surface area contributed by atoms with E-state index in [9.17, 15) is 9.59 Å². The fourth-order valence-corrected chi connectivity index (χ4v) is 3.19. The number of carboxylic acids is 1. The van der Waals surface area contributed by atoms with Crippen LogP contribution < -0.4 is 10.6 Å². The molecule has 2 rings (SSSR count). The largest absolute Gasteiger partial charge is 0.481 e. The van der Waals surface area contributed by atoms with Crippen LogP contribution in [-0.2, 0) is 4.79 Å². The lowest BCUT2D eigenvalue weighted by Crippen LogP contribution is -2.42. The lowest BCUT2D eigenvalue weighted by molar-refractivity contribution is -0.143. The monoisotopic (exact) mass is 308 g/mol. The molecule has 5 nitrogen and oxygen atoms in total. The number of amides is 2. The number of rotatable bonds is 4. The third-order valence-corrected chi connectivity index (χ3v) is 4.51. The third-order valence-electron chi connectivity index (χ3n) is 3.71. The summed E-state index contributed by atoms with van der Waals surface area (Å²) in [7, 11) is 0. The highest BCUT2D eigenvalue weighted by Gasteiger charge is 2.27. The molecule has 0 radical (unpaired) electrons. The summed E-state index contributed by atoms with van der Waals surface area (Å²) in [6, 6.07) is 7.26. The summed E-state index contributed by atoms with van der Waals surface area (Å²) in [5, 5.41) is 14.8. The van der Waals surface area contributed by atoms with Crippen molar-refractivity contribution in [3.8, 4) is 0 Å². The fourth-order valence-electron chi connectivity index (χ4n) is 2.64. The summed E-state index contributed by atoms with van der Waals surface area (Å²) in [5.41, 5.74) is 0.771. The van der Waals surface area contributed by atoms with Crippen LogP contribution >= 0.6 is 11.8 Å². The molecule has 3 N–H and O–H groups in total. The zero-order valence-corrected chi connectivity index (χ0v) is 12.8. The van der Waals surface area contributed by atoms with Gasteiger partial charge in [-0.1, -0.05) is 18.6 Å². The second kappa shape index (κ2) is 7.36. The molecule has 6 heteroatoms. The van der Waals surface area contributed by atoms with Crippen molar-refractivity contribution < 1.29 is 14.7 Å². The molecule has 1 fully saturated rings. The van der Waals surface area contributed by atoms with Crippen molar-refractivity contribution in [2.75, 3.05) is 11.6 Å². The van der Waals surface area contributed by atoms with E-state index in [0.717, 1.165) is 23.4 Å². The molecule has 1 aromatic carbocycles. The van der Waals surface area contributed by atoms with Gasteiger partial charge in [-0.05, 0) is 37.7 Å². The first-order chi connectivity index (χ1) is 10.1. The van der Waals surface area contributed by atoms with E-state index in [2.05, 4.69) is 10.6 Å². The van der Waals surface area contributed by atoms with E-state index < -0.39 is 5.97 Å². The van der Waals surface area contributed by atoms with Crippen LogP contribution in [-0.4, -0.2) is 29.4 Å². The topological polar surface area (TPSA) is 78.4 Å². The van der Waals surface area contributed by atoms with E-state index in [4.69, 9.17) is 5.11 Å². The molecule has 2 atom stereocenters. The molecule has 1 saturated carbocycles. The number of carbonyl (C=O) groups is 2. The molecule has 0 heterocycles. The molecule has 1 aliphatic carbocycles. The number of hydrogen-bond donors (Lipinski definition) is 3. The summed E-state index contributed by atoms with van der Waals surface area (Å²) in [6.45, 7) is 0. The predicted molar refractivity (Wildman–Crippen MR) is 83.8 cm³/mol. The Labute approximate surface area is 128 Å². The van der Waals surface area contributed by atoms with Gasteiger partial charge in [-0.2, -0.15) is 0 Å². The molecule has 21 heavy (non-hydrogen) atoms. The number of para-hydroxylation sites is 1. The third kappa shape index (κ3) is 4.39. The number of thioether (sulfide) groups is 1. The molecule has 114 valence electrons. The zero-order valence-electron chi connectivity index (χ0n) is 12.0. The Morgan fingerprint density at radius 3 is 2.76 bits per heavy atom. The van der Waals surface area contributed by atoms with Crippen molar-refractivity contribution in [1.29, 1.82) is 0 Å². The molecule has 0 aromatic heterocycles. The van der Waals surface area contributed by atoms with Crippen LogP contribution in [0, 0.1) is 5.92 Å². The summed E-state index contributed by atoms with van der Waals surface area (Å²) in [6.07, 6.45) is 4.83. The molecule has 1 aliphatic rings. The van der Waals surface area contributed by atoms with Crippen LogP contribution in [0.5, 0.6) is 0 Å². The van der Waals surface area contributed by atoms with Crippen molar-refractivity contribution in [3.63, 3.8) is 0 Å². The first-order valence-corrected chi connectivity index (χ1v) is 8.26. The number of hydrogen-bond acceptors (Lipinski definition) is 3. The van der Waals surface area contributed by atoms with Gasteiger partial charge >= 0.3 is 12.0 Å². The van der Waals surface area contributed by atoms with E-state index in [1.165, 1.54) is 0 Å². The van der Waals surface area contributed by atoms with Gasteiger partial charge in [-0.3, -0.25) is 4.79 Å². The maximum atomic E-state index is 12.0. The van der Waals surface area contributed by atoms with E-state index in [1.807, 2.05) is 30.5 Å². The van der Waals surface area contributed by atoms with Gasteiger partial charge in [-0.25, -0.2) is 4.79 Å². The molecule has 0 aliphatic heterocycles. The highest BCUT2D eigenvalue weighted by molar-refractivity contribution is 7.98. The van der Waals surface area contributed by atoms with Crippen molar-refractivity contribution in [2.24, 2.45) is 5.92 Å². The van der Waals surface area contributed by atoms with Crippen molar-refractivity contribution in [2.45, 2.75) is 36.6 Å². The summed E-state index contributed by atoms with van der Waals surface area (Å²) in [4.78, 5) is 24.1. The Bertz CT molecular complexity index is 521. The van der Waals surface area contributed by atoms with Crippen LogP contribution in [0.1, 0.15) is 25.7 Å². The highest BCUT2D eigenvalue weighted by Crippen LogP contribution is 2.26. The molecular formula is C15H20N2O3S. The Hall–Kier alpha value is -1.69. The molecule has 0 saturated heterocycles. The van der Waals surface area contributed by atoms with Crippen LogP contribution in [0.4, 0.5) is 10.5 Å². The normalized spacial score (nSPS) is 21.6. The average molecular weight is 308 g/mol. The summed E-state index contributed by atoms with van der Waals surface area (Å²) < 4.78 is 0. The van der Waals surface area contributed by atoms with Gasteiger partial charge in [0.05, 0.1) is 11.6 Å². The maximum absolute atomic E-state index is 12.0. The number of urea groups is 1. The maximum Gasteiger partial charge on any atom is 0.319 e. The van der Waals surface area contributed by atoms with Gasteiger partial charge < -0.3 is 15.7 Å². The Balaban J connectivity index is 1.91. The van der Waals surface area contributed by atoms with Gasteiger partial charge in [0.1, 0.15) is 0 Å². The summed E-state index contributed by atoms with van der Waals surface area (Å²) in [5.74, 6) is -1.11. The Morgan fingerprint density at radius 1 is 1.29 bits per heavy atom. The molecule has 1 aromatic rings. The SMILES string of the molecule is CSc1ccccc1NC(=O)NC1CCCC(C(=O)O)C1. The second-order valence-electron chi connectivity index (χ2n) is 5.20. The minimum atomic E-state index is -0.769. The van der Waals surface area contributed by atoms with Gasteiger partial charge in [0, 0.05) is 10.9 Å². The van der Waals surface area contributed by atoms with E-state index in [0.29, 0.717) is 12.8 Å². The number of aliphatic carboxylic acids is 1. The Kier molecular flexibility index (Phi) is 5.50. The molecule has 2 unspecified atom stereocenters. The zero-order chi connectivity index (χ0) is 15.2.